The molecule has 0 radical (unpaired) electrons. The topological polar surface area (TPSA) is 60.5 Å². The lowest BCUT2D eigenvalue weighted by atomic mass is 10.1. The van der Waals surface area contributed by atoms with Crippen LogP contribution in [0.15, 0.2) is 76.8 Å². The second-order valence-electron chi connectivity index (χ2n) is 5.65. The number of methoxy groups -OCH3 is 2. The van der Waals surface area contributed by atoms with Crippen LogP contribution < -0.4 is 14.8 Å². The number of benzene rings is 2. The molecule has 0 spiro atoms. The third kappa shape index (κ3) is 5.01. The smallest absolute Gasteiger partial charge is 0.251 e. The molecule has 0 aliphatic rings. The molecule has 3 rings (SSSR count). The van der Waals surface area contributed by atoms with E-state index in [2.05, 4.69) is 10.3 Å². The molecule has 0 aliphatic carbocycles. The largest absolute Gasteiger partial charge is 0.497 e. The molecule has 0 unspecified atom stereocenters. The standard InChI is InChI=1S/C21H20N2O3S/c1-25-17-8-11-19(26-2)16(13-17)14-23-21(24)15-6-9-18(10-7-15)27-20-5-3-4-12-22-20/h3-13H,14H2,1-2H3,(H,23,24). The van der Waals surface area contributed by atoms with E-state index >= 15 is 0 Å². The first-order valence-electron chi connectivity index (χ1n) is 8.37. The van der Waals surface area contributed by atoms with Gasteiger partial charge in [0.2, 0.25) is 0 Å². The van der Waals surface area contributed by atoms with Crippen molar-refractivity contribution in [2.45, 2.75) is 16.5 Å². The Labute approximate surface area is 162 Å². The molecule has 0 saturated heterocycles. The molecule has 1 aromatic heterocycles. The summed E-state index contributed by atoms with van der Waals surface area (Å²) in [6, 6.07) is 18.7. The van der Waals surface area contributed by atoms with Gasteiger partial charge in [-0.3, -0.25) is 4.79 Å². The number of hydrogen-bond donors (Lipinski definition) is 1. The first-order valence-corrected chi connectivity index (χ1v) is 9.19. The van der Waals surface area contributed by atoms with Gasteiger partial charge in [0.15, 0.2) is 0 Å². The lowest BCUT2D eigenvalue weighted by Crippen LogP contribution is -2.23. The number of rotatable bonds is 7. The Balaban J connectivity index is 1.63. The first-order chi connectivity index (χ1) is 13.2. The molecule has 0 atom stereocenters. The van der Waals surface area contributed by atoms with Gasteiger partial charge in [0.1, 0.15) is 16.5 Å². The lowest BCUT2D eigenvalue weighted by Gasteiger charge is -2.11. The molecule has 5 nitrogen and oxygen atoms in total. The van der Waals surface area contributed by atoms with E-state index < -0.39 is 0 Å². The quantitative estimate of drug-likeness (QED) is 0.666. The number of nitrogens with one attached hydrogen (secondary N) is 1. The summed E-state index contributed by atoms with van der Waals surface area (Å²) in [5, 5.41) is 3.83. The van der Waals surface area contributed by atoms with Gasteiger partial charge < -0.3 is 14.8 Å². The van der Waals surface area contributed by atoms with E-state index in [-0.39, 0.29) is 5.91 Å². The monoisotopic (exact) mass is 380 g/mol. The summed E-state index contributed by atoms with van der Waals surface area (Å²) in [6.45, 7) is 0.351. The van der Waals surface area contributed by atoms with Crippen LogP contribution in [0.3, 0.4) is 0 Å². The molecule has 1 amide bonds. The number of carbonyl (C=O) groups excluding carboxylic acids is 1. The van der Waals surface area contributed by atoms with E-state index in [4.69, 9.17) is 9.47 Å². The molecular weight excluding hydrogens is 360 g/mol. The SMILES string of the molecule is COc1ccc(OC)c(CNC(=O)c2ccc(Sc3ccccn3)cc2)c1. The maximum absolute atomic E-state index is 12.4. The van der Waals surface area contributed by atoms with E-state index in [0.29, 0.717) is 17.9 Å². The fraction of sp³-hybridized carbons (Fsp3) is 0.143. The average molecular weight is 380 g/mol. The Morgan fingerprint density at radius 2 is 1.85 bits per heavy atom. The normalized spacial score (nSPS) is 10.3. The van der Waals surface area contributed by atoms with E-state index in [1.807, 2.05) is 60.7 Å². The summed E-state index contributed by atoms with van der Waals surface area (Å²) in [4.78, 5) is 17.8. The van der Waals surface area contributed by atoms with Crippen LogP contribution in [0.4, 0.5) is 0 Å². The van der Waals surface area contributed by atoms with Gasteiger partial charge in [-0.05, 0) is 54.6 Å². The van der Waals surface area contributed by atoms with Gasteiger partial charge in [0.05, 0.1) is 14.2 Å². The number of amides is 1. The second kappa shape index (κ2) is 9.09. The fourth-order valence-electron chi connectivity index (χ4n) is 2.50. The number of hydrogen-bond acceptors (Lipinski definition) is 5. The minimum absolute atomic E-state index is 0.144. The first kappa shape index (κ1) is 18.8. The summed E-state index contributed by atoms with van der Waals surface area (Å²) in [6.07, 6.45) is 1.76. The van der Waals surface area contributed by atoms with Crippen LogP contribution in [0.5, 0.6) is 11.5 Å². The molecule has 0 fully saturated rings. The van der Waals surface area contributed by atoms with Gasteiger partial charge in [-0.15, -0.1) is 0 Å². The predicted octanol–water partition coefficient (Wildman–Crippen LogP) is 4.18. The summed E-state index contributed by atoms with van der Waals surface area (Å²) in [5.74, 6) is 1.28. The second-order valence-corrected chi connectivity index (χ2v) is 6.75. The highest BCUT2D eigenvalue weighted by atomic mass is 32.2. The van der Waals surface area contributed by atoms with Crippen LogP contribution in [0, 0.1) is 0 Å². The number of nitrogens with zero attached hydrogens (tertiary/aromatic N) is 1. The Hall–Kier alpha value is -2.99. The predicted molar refractivity (Wildman–Crippen MR) is 106 cm³/mol. The van der Waals surface area contributed by atoms with Crippen LogP contribution in [-0.4, -0.2) is 25.1 Å². The molecule has 1 N–H and O–H groups in total. The van der Waals surface area contributed by atoms with Crippen molar-refractivity contribution >= 4 is 17.7 Å². The van der Waals surface area contributed by atoms with Gasteiger partial charge in [0, 0.05) is 28.8 Å². The van der Waals surface area contributed by atoms with Gasteiger partial charge in [-0.2, -0.15) is 0 Å². The third-order valence-corrected chi connectivity index (χ3v) is 4.86. The maximum Gasteiger partial charge on any atom is 0.251 e. The number of pyridine rings is 1. The van der Waals surface area contributed by atoms with Crippen molar-refractivity contribution in [3.8, 4) is 11.5 Å². The Morgan fingerprint density at radius 1 is 1.04 bits per heavy atom. The van der Waals surface area contributed by atoms with Crippen molar-refractivity contribution in [3.63, 3.8) is 0 Å². The molecule has 6 heteroatoms. The van der Waals surface area contributed by atoms with Crippen molar-refractivity contribution in [2.75, 3.05) is 14.2 Å². The summed E-state index contributed by atoms with van der Waals surface area (Å²) in [5.41, 5.74) is 1.45. The van der Waals surface area contributed by atoms with Gasteiger partial charge >= 0.3 is 0 Å². The van der Waals surface area contributed by atoms with Crippen molar-refractivity contribution < 1.29 is 14.3 Å². The lowest BCUT2D eigenvalue weighted by molar-refractivity contribution is 0.0950. The van der Waals surface area contributed by atoms with Crippen LogP contribution in [0.1, 0.15) is 15.9 Å². The Bertz CT molecular complexity index is 899. The van der Waals surface area contributed by atoms with Crippen molar-refractivity contribution in [1.82, 2.24) is 10.3 Å². The minimum atomic E-state index is -0.144. The van der Waals surface area contributed by atoms with E-state index in [1.165, 1.54) is 0 Å². The molecule has 0 aliphatic heterocycles. The zero-order chi connectivity index (χ0) is 19.1. The Morgan fingerprint density at radius 3 is 2.52 bits per heavy atom. The van der Waals surface area contributed by atoms with Crippen LogP contribution in [0.2, 0.25) is 0 Å². The van der Waals surface area contributed by atoms with E-state index in [0.717, 1.165) is 21.2 Å². The average Bonchev–Trinajstić information content (AvgIpc) is 2.73. The fourth-order valence-corrected chi connectivity index (χ4v) is 3.27. The number of carbonyl (C=O) groups is 1. The van der Waals surface area contributed by atoms with Crippen LogP contribution in [0.25, 0.3) is 0 Å². The Kier molecular flexibility index (Phi) is 6.33. The van der Waals surface area contributed by atoms with E-state index in [1.54, 1.807) is 32.2 Å². The molecule has 0 saturated carbocycles. The number of ether oxygens (including phenoxy) is 2. The highest BCUT2D eigenvalue weighted by molar-refractivity contribution is 7.99. The van der Waals surface area contributed by atoms with Crippen molar-refractivity contribution in [2.24, 2.45) is 0 Å². The highest BCUT2D eigenvalue weighted by Crippen LogP contribution is 2.26. The summed E-state index contributed by atoms with van der Waals surface area (Å²) >= 11 is 1.55. The van der Waals surface area contributed by atoms with Crippen molar-refractivity contribution in [1.29, 1.82) is 0 Å². The highest BCUT2D eigenvalue weighted by Gasteiger charge is 2.09. The van der Waals surface area contributed by atoms with Gasteiger partial charge in [-0.1, -0.05) is 17.8 Å². The molecule has 2 aromatic carbocycles. The zero-order valence-electron chi connectivity index (χ0n) is 15.1. The molecule has 3 aromatic rings. The third-order valence-electron chi connectivity index (χ3n) is 3.90. The summed E-state index contributed by atoms with van der Waals surface area (Å²) < 4.78 is 10.6. The van der Waals surface area contributed by atoms with Crippen molar-refractivity contribution in [3.05, 3.63) is 78.0 Å². The molecule has 27 heavy (non-hydrogen) atoms. The number of aromatic nitrogens is 1. The zero-order valence-corrected chi connectivity index (χ0v) is 16.0. The van der Waals surface area contributed by atoms with Gasteiger partial charge in [0.25, 0.3) is 5.91 Å². The molecule has 138 valence electrons. The maximum atomic E-state index is 12.4. The minimum Gasteiger partial charge on any atom is -0.497 e. The van der Waals surface area contributed by atoms with E-state index in [9.17, 15) is 4.79 Å². The van der Waals surface area contributed by atoms with Crippen LogP contribution in [-0.2, 0) is 6.54 Å². The molecule has 0 bridgehead atoms. The molecular formula is C21H20N2O3S. The molecule has 1 heterocycles. The van der Waals surface area contributed by atoms with Gasteiger partial charge in [-0.25, -0.2) is 4.98 Å². The summed E-state index contributed by atoms with van der Waals surface area (Å²) in [7, 11) is 3.21. The van der Waals surface area contributed by atoms with Crippen LogP contribution >= 0.6 is 11.8 Å².